The van der Waals surface area contributed by atoms with Crippen molar-refractivity contribution in [2.45, 2.75) is 70.6 Å². The van der Waals surface area contributed by atoms with E-state index in [1.165, 1.54) is 0 Å². The summed E-state index contributed by atoms with van der Waals surface area (Å²) in [4.78, 5) is 57.4. The van der Waals surface area contributed by atoms with Gasteiger partial charge in [0.2, 0.25) is 23.6 Å². The van der Waals surface area contributed by atoms with Gasteiger partial charge in [0, 0.05) is 52.1 Å². The fourth-order valence-electron chi connectivity index (χ4n) is 4.71. The molecule has 0 bridgehead atoms. The molecule has 3 fully saturated rings. The van der Waals surface area contributed by atoms with Crippen molar-refractivity contribution < 1.29 is 19.2 Å². The first-order valence-corrected chi connectivity index (χ1v) is 12.2. The van der Waals surface area contributed by atoms with Gasteiger partial charge < -0.3 is 19.6 Å². The minimum Gasteiger partial charge on any atom is -0.339 e. The number of hydrogen-bond donors (Lipinski definition) is 0. The largest absolute Gasteiger partial charge is 0.339 e. The van der Waals surface area contributed by atoms with E-state index < -0.39 is 0 Å². The molecule has 0 saturated carbocycles. The Balaban J connectivity index is 1.48. The van der Waals surface area contributed by atoms with Crippen molar-refractivity contribution >= 4 is 23.6 Å². The van der Waals surface area contributed by atoms with Crippen LogP contribution in [-0.4, -0.2) is 95.6 Å². The maximum Gasteiger partial charge on any atom is 0.242 e. The minimum atomic E-state index is -0.0258. The summed E-state index contributed by atoms with van der Waals surface area (Å²) in [6.07, 6.45) is 9.91. The van der Waals surface area contributed by atoms with Crippen LogP contribution in [0.15, 0.2) is 0 Å². The molecule has 0 aliphatic carbocycles. The highest BCUT2D eigenvalue weighted by Gasteiger charge is 2.27. The third-order valence-corrected chi connectivity index (χ3v) is 6.70. The molecule has 3 saturated heterocycles. The van der Waals surface area contributed by atoms with Crippen LogP contribution in [0.1, 0.15) is 70.6 Å². The smallest absolute Gasteiger partial charge is 0.242 e. The van der Waals surface area contributed by atoms with E-state index in [4.69, 9.17) is 0 Å². The zero-order chi connectivity index (χ0) is 22.1. The maximum atomic E-state index is 12.8. The molecule has 0 atom stereocenters. The van der Waals surface area contributed by atoms with Crippen LogP contribution in [0.3, 0.4) is 0 Å². The number of amides is 4. The molecular formula is C23H38N4O4. The second kappa shape index (κ2) is 12.1. The van der Waals surface area contributed by atoms with Crippen molar-refractivity contribution in [3.63, 3.8) is 0 Å². The van der Waals surface area contributed by atoms with Crippen molar-refractivity contribution in [3.05, 3.63) is 0 Å². The summed E-state index contributed by atoms with van der Waals surface area (Å²) >= 11 is 0. The van der Waals surface area contributed by atoms with Crippen molar-refractivity contribution in [2.24, 2.45) is 0 Å². The second-order valence-corrected chi connectivity index (χ2v) is 9.07. The van der Waals surface area contributed by atoms with Crippen molar-refractivity contribution in [2.75, 3.05) is 52.4 Å². The van der Waals surface area contributed by atoms with Crippen LogP contribution >= 0.6 is 0 Å². The van der Waals surface area contributed by atoms with Crippen LogP contribution in [0.5, 0.6) is 0 Å². The standard InChI is InChI=1S/C23H38N4O4/c28-20-10-5-1-3-7-12-26(20)18-22(30)24-14-9-15-25(17-16-24)23(31)19-27-13-8-4-2-6-11-21(27)29/h1-19H2. The molecule has 8 heteroatoms. The molecule has 4 amide bonds. The first-order valence-electron chi connectivity index (χ1n) is 12.2. The molecule has 3 heterocycles. The second-order valence-electron chi connectivity index (χ2n) is 9.07. The highest BCUT2D eigenvalue weighted by Crippen LogP contribution is 2.14. The summed E-state index contributed by atoms with van der Waals surface area (Å²) in [6.45, 7) is 3.80. The Bertz CT molecular complexity index is 599. The molecule has 0 N–H and O–H groups in total. The fraction of sp³-hybridized carbons (Fsp3) is 0.826. The van der Waals surface area contributed by atoms with Crippen molar-refractivity contribution in [1.82, 2.24) is 19.6 Å². The molecular weight excluding hydrogens is 396 g/mol. The fourth-order valence-corrected chi connectivity index (χ4v) is 4.71. The lowest BCUT2D eigenvalue weighted by Gasteiger charge is -2.29. The van der Waals surface area contributed by atoms with Gasteiger partial charge in [-0.15, -0.1) is 0 Å². The van der Waals surface area contributed by atoms with Crippen molar-refractivity contribution in [1.29, 1.82) is 0 Å². The highest BCUT2D eigenvalue weighted by atomic mass is 16.2. The zero-order valence-electron chi connectivity index (χ0n) is 18.9. The van der Waals surface area contributed by atoms with Gasteiger partial charge in [0.15, 0.2) is 0 Å². The number of likely N-dealkylation sites (tertiary alicyclic amines) is 2. The minimum absolute atomic E-state index is 0.0258. The SMILES string of the molecule is O=C(CN1CCCCCCC1=O)N1CCCN(C(=O)CN2CCCCCCC2=O)CC1. The third kappa shape index (κ3) is 7.21. The van der Waals surface area contributed by atoms with Crippen LogP contribution in [-0.2, 0) is 19.2 Å². The van der Waals surface area contributed by atoms with E-state index in [1.807, 2.05) is 0 Å². The molecule has 31 heavy (non-hydrogen) atoms. The van der Waals surface area contributed by atoms with Gasteiger partial charge in [-0.2, -0.15) is 0 Å². The molecule has 3 rings (SSSR count). The molecule has 0 radical (unpaired) electrons. The molecule has 3 aliphatic heterocycles. The Labute approximate surface area is 185 Å². The Morgan fingerprint density at radius 1 is 0.516 bits per heavy atom. The third-order valence-electron chi connectivity index (χ3n) is 6.70. The van der Waals surface area contributed by atoms with E-state index in [-0.39, 0.29) is 36.7 Å². The van der Waals surface area contributed by atoms with E-state index in [1.54, 1.807) is 19.6 Å². The summed E-state index contributed by atoms with van der Waals surface area (Å²) in [6, 6.07) is 0. The number of rotatable bonds is 4. The van der Waals surface area contributed by atoms with Gasteiger partial charge in [-0.05, 0) is 32.1 Å². The lowest BCUT2D eigenvalue weighted by molar-refractivity contribution is -0.141. The quantitative estimate of drug-likeness (QED) is 0.674. The predicted molar refractivity (Wildman–Crippen MR) is 117 cm³/mol. The number of hydrogen-bond acceptors (Lipinski definition) is 4. The Hall–Kier alpha value is -2.12. The average molecular weight is 435 g/mol. The normalized spacial score (nSPS) is 22.3. The van der Waals surface area contributed by atoms with Gasteiger partial charge in [0.1, 0.15) is 0 Å². The first kappa shape index (κ1) is 23.5. The van der Waals surface area contributed by atoms with Crippen LogP contribution < -0.4 is 0 Å². The summed E-state index contributed by atoms with van der Waals surface area (Å²) in [5.41, 5.74) is 0. The molecule has 0 aromatic heterocycles. The van der Waals surface area contributed by atoms with E-state index in [0.717, 1.165) is 57.8 Å². The van der Waals surface area contributed by atoms with E-state index in [9.17, 15) is 19.2 Å². The van der Waals surface area contributed by atoms with Gasteiger partial charge in [0.05, 0.1) is 13.1 Å². The first-order chi connectivity index (χ1) is 15.0. The number of nitrogens with zero attached hydrogens (tertiary/aromatic N) is 4. The van der Waals surface area contributed by atoms with Crippen LogP contribution in [0.4, 0.5) is 0 Å². The van der Waals surface area contributed by atoms with Gasteiger partial charge in [-0.25, -0.2) is 0 Å². The van der Waals surface area contributed by atoms with Gasteiger partial charge in [-0.1, -0.05) is 25.7 Å². The van der Waals surface area contributed by atoms with Crippen LogP contribution in [0.25, 0.3) is 0 Å². The molecule has 0 spiro atoms. The number of carbonyl (C=O) groups excluding carboxylic acids is 4. The van der Waals surface area contributed by atoms with Crippen LogP contribution in [0, 0.1) is 0 Å². The van der Waals surface area contributed by atoms with Crippen molar-refractivity contribution in [3.8, 4) is 0 Å². The monoisotopic (exact) mass is 434 g/mol. The molecule has 0 aromatic rings. The zero-order valence-corrected chi connectivity index (χ0v) is 18.9. The Kier molecular flexibility index (Phi) is 9.15. The number of carbonyl (C=O) groups is 4. The Morgan fingerprint density at radius 2 is 0.935 bits per heavy atom. The Morgan fingerprint density at radius 3 is 1.39 bits per heavy atom. The molecule has 8 nitrogen and oxygen atoms in total. The lowest BCUT2D eigenvalue weighted by atomic mass is 10.1. The van der Waals surface area contributed by atoms with Gasteiger partial charge in [-0.3, -0.25) is 19.2 Å². The van der Waals surface area contributed by atoms with Gasteiger partial charge >= 0.3 is 0 Å². The predicted octanol–water partition coefficient (Wildman–Crippen LogP) is 1.63. The molecule has 0 aromatic carbocycles. The summed E-state index contributed by atoms with van der Waals surface area (Å²) in [5, 5.41) is 0. The average Bonchev–Trinajstić information content (AvgIpc) is 2.99. The van der Waals surface area contributed by atoms with E-state index >= 15 is 0 Å². The van der Waals surface area contributed by atoms with Gasteiger partial charge in [0.25, 0.3) is 0 Å². The summed E-state index contributed by atoms with van der Waals surface area (Å²) < 4.78 is 0. The summed E-state index contributed by atoms with van der Waals surface area (Å²) in [7, 11) is 0. The lowest BCUT2D eigenvalue weighted by Crippen LogP contribution is -2.46. The van der Waals surface area contributed by atoms with E-state index in [0.29, 0.717) is 52.1 Å². The highest BCUT2D eigenvalue weighted by molar-refractivity contribution is 5.86. The molecule has 174 valence electrons. The topological polar surface area (TPSA) is 81.2 Å². The maximum absolute atomic E-state index is 12.8. The van der Waals surface area contributed by atoms with Crippen LogP contribution in [0.2, 0.25) is 0 Å². The molecule has 3 aliphatic rings. The summed E-state index contributed by atoms with van der Waals surface area (Å²) in [5.74, 6) is 0.111. The van der Waals surface area contributed by atoms with E-state index in [2.05, 4.69) is 0 Å². The molecule has 0 unspecified atom stereocenters.